The zero-order chi connectivity index (χ0) is 12.0. The highest BCUT2D eigenvalue weighted by Gasteiger charge is 2.41. The SMILES string of the molecule is NCC(N)=O.OC[C@H]1OC(O)[C@H](O)[C@@H]1O. The average molecular weight is 224 g/mol. The van der Waals surface area contributed by atoms with Gasteiger partial charge in [0.2, 0.25) is 5.91 Å². The fourth-order valence-corrected chi connectivity index (χ4v) is 0.880. The average Bonchev–Trinajstić information content (AvgIpc) is 2.46. The lowest BCUT2D eigenvalue weighted by atomic mass is 10.1. The predicted octanol–water partition coefficient (Wildman–Crippen LogP) is -4.15. The summed E-state index contributed by atoms with van der Waals surface area (Å²) in [6.07, 6.45) is -4.76. The second-order valence-electron chi connectivity index (χ2n) is 2.90. The first-order valence-electron chi connectivity index (χ1n) is 4.23. The molecule has 0 aromatic heterocycles. The lowest BCUT2D eigenvalue weighted by molar-refractivity contribution is -0.132. The Bertz CT molecular complexity index is 202. The van der Waals surface area contributed by atoms with Crippen molar-refractivity contribution in [3.63, 3.8) is 0 Å². The first kappa shape index (κ1) is 14.2. The van der Waals surface area contributed by atoms with Crippen LogP contribution in [0.5, 0.6) is 0 Å². The summed E-state index contributed by atoms with van der Waals surface area (Å²) in [5.74, 6) is -0.468. The Kier molecular flexibility index (Phi) is 6.32. The second kappa shape index (κ2) is 6.67. The summed E-state index contributed by atoms with van der Waals surface area (Å²) < 4.78 is 4.54. The molecule has 0 spiro atoms. The molecule has 0 radical (unpaired) electrons. The third-order valence-corrected chi connectivity index (χ3v) is 1.72. The van der Waals surface area contributed by atoms with Gasteiger partial charge in [-0.05, 0) is 0 Å². The van der Waals surface area contributed by atoms with Gasteiger partial charge in [0.05, 0.1) is 13.2 Å². The Hall–Kier alpha value is -0.770. The van der Waals surface area contributed by atoms with E-state index in [0.717, 1.165) is 0 Å². The highest BCUT2D eigenvalue weighted by molar-refractivity contribution is 5.75. The van der Waals surface area contributed by atoms with Gasteiger partial charge >= 0.3 is 0 Å². The number of primary amides is 1. The highest BCUT2D eigenvalue weighted by atomic mass is 16.6. The summed E-state index contributed by atoms with van der Waals surface area (Å²) in [5.41, 5.74) is 9.22. The molecule has 0 saturated carbocycles. The molecule has 8 heteroatoms. The van der Waals surface area contributed by atoms with Crippen molar-refractivity contribution in [3.05, 3.63) is 0 Å². The van der Waals surface area contributed by atoms with Gasteiger partial charge in [-0.1, -0.05) is 0 Å². The number of aliphatic hydroxyl groups is 4. The topological polar surface area (TPSA) is 159 Å². The van der Waals surface area contributed by atoms with Gasteiger partial charge in [0.15, 0.2) is 6.29 Å². The molecule has 0 aliphatic carbocycles. The zero-order valence-electron chi connectivity index (χ0n) is 7.98. The molecule has 1 aliphatic heterocycles. The van der Waals surface area contributed by atoms with Crippen LogP contribution in [0.2, 0.25) is 0 Å². The standard InChI is InChI=1S/C5H10O5.C2H6N2O/c6-1-2-3(7)4(8)5(9)10-2;3-1-2(4)5/h2-9H,1H2;1,3H2,(H2,4,5)/t2-,3-,4-,5?;/m1./s1. The predicted molar refractivity (Wildman–Crippen MR) is 48.2 cm³/mol. The van der Waals surface area contributed by atoms with Crippen molar-refractivity contribution in [1.82, 2.24) is 0 Å². The minimum Gasteiger partial charge on any atom is -0.394 e. The molecule has 0 aromatic carbocycles. The van der Waals surface area contributed by atoms with E-state index in [1.807, 2.05) is 0 Å². The van der Waals surface area contributed by atoms with Gasteiger partial charge in [0, 0.05) is 0 Å². The van der Waals surface area contributed by atoms with Gasteiger partial charge in [0.1, 0.15) is 18.3 Å². The minimum absolute atomic E-state index is 0.0556. The molecule has 0 aromatic rings. The maximum Gasteiger partial charge on any atom is 0.231 e. The molecular weight excluding hydrogens is 208 g/mol. The Morgan fingerprint density at radius 3 is 1.87 bits per heavy atom. The maximum absolute atomic E-state index is 9.47. The first-order valence-corrected chi connectivity index (χ1v) is 4.23. The minimum atomic E-state index is -1.38. The van der Waals surface area contributed by atoms with E-state index in [4.69, 9.17) is 26.2 Å². The summed E-state index contributed by atoms with van der Waals surface area (Å²) in [4.78, 5) is 9.47. The van der Waals surface area contributed by atoms with Crippen LogP contribution in [0.25, 0.3) is 0 Å². The summed E-state index contributed by atoms with van der Waals surface area (Å²) in [7, 11) is 0. The maximum atomic E-state index is 9.47. The normalized spacial score (nSPS) is 34.5. The third-order valence-electron chi connectivity index (χ3n) is 1.72. The fraction of sp³-hybridized carbons (Fsp3) is 0.857. The molecule has 8 N–H and O–H groups in total. The summed E-state index contributed by atoms with van der Waals surface area (Å²) in [5, 5.41) is 35.0. The first-order chi connectivity index (χ1) is 6.93. The van der Waals surface area contributed by atoms with Crippen molar-refractivity contribution in [2.45, 2.75) is 24.6 Å². The second-order valence-corrected chi connectivity index (χ2v) is 2.90. The van der Waals surface area contributed by atoms with Crippen molar-refractivity contribution in [2.75, 3.05) is 13.2 Å². The molecule has 1 saturated heterocycles. The van der Waals surface area contributed by atoms with E-state index in [9.17, 15) is 4.79 Å². The van der Waals surface area contributed by atoms with Crippen molar-refractivity contribution in [2.24, 2.45) is 11.5 Å². The summed E-state index contributed by atoms with van der Waals surface area (Å²) >= 11 is 0. The molecule has 0 bridgehead atoms. The van der Waals surface area contributed by atoms with Gasteiger partial charge in [0.25, 0.3) is 0 Å². The lowest BCUT2D eigenvalue weighted by Gasteiger charge is -2.09. The van der Waals surface area contributed by atoms with Crippen LogP contribution in [-0.2, 0) is 9.53 Å². The van der Waals surface area contributed by atoms with Gasteiger partial charge in [-0.3, -0.25) is 4.79 Å². The van der Waals surface area contributed by atoms with Crippen LogP contribution < -0.4 is 11.5 Å². The zero-order valence-corrected chi connectivity index (χ0v) is 7.98. The van der Waals surface area contributed by atoms with Gasteiger partial charge in [-0.2, -0.15) is 0 Å². The number of carbonyl (C=O) groups is 1. The Morgan fingerprint density at radius 1 is 1.27 bits per heavy atom. The number of ether oxygens (including phenoxy) is 1. The van der Waals surface area contributed by atoms with Crippen LogP contribution in [-0.4, -0.2) is 64.1 Å². The summed E-state index contributed by atoms with van der Waals surface area (Å²) in [6.45, 7) is -0.463. The number of rotatable bonds is 2. The van der Waals surface area contributed by atoms with E-state index < -0.39 is 37.1 Å². The van der Waals surface area contributed by atoms with Gasteiger partial charge in [-0.15, -0.1) is 0 Å². The van der Waals surface area contributed by atoms with E-state index in [-0.39, 0.29) is 6.54 Å². The largest absolute Gasteiger partial charge is 0.394 e. The number of hydrogen-bond acceptors (Lipinski definition) is 7. The number of aliphatic hydroxyl groups excluding tert-OH is 4. The quantitative estimate of drug-likeness (QED) is 0.277. The number of hydrogen-bond donors (Lipinski definition) is 6. The lowest BCUT2D eigenvalue weighted by Crippen LogP contribution is -2.33. The fourth-order valence-electron chi connectivity index (χ4n) is 0.880. The van der Waals surface area contributed by atoms with Crippen LogP contribution in [0.3, 0.4) is 0 Å². The third kappa shape index (κ3) is 4.51. The van der Waals surface area contributed by atoms with Crippen LogP contribution in [0, 0.1) is 0 Å². The molecule has 1 aliphatic rings. The van der Waals surface area contributed by atoms with Gasteiger partial charge < -0.3 is 36.6 Å². The summed E-state index contributed by atoms with van der Waals surface area (Å²) in [6, 6.07) is 0. The van der Waals surface area contributed by atoms with Crippen LogP contribution in [0.4, 0.5) is 0 Å². The molecule has 8 nitrogen and oxygen atoms in total. The monoisotopic (exact) mass is 224 g/mol. The van der Waals surface area contributed by atoms with E-state index in [2.05, 4.69) is 10.5 Å². The molecule has 1 amide bonds. The molecule has 1 unspecified atom stereocenters. The van der Waals surface area contributed by atoms with E-state index in [1.54, 1.807) is 0 Å². The Morgan fingerprint density at radius 2 is 1.73 bits per heavy atom. The van der Waals surface area contributed by atoms with Crippen LogP contribution >= 0.6 is 0 Å². The van der Waals surface area contributed by atoms with Crippen molar-refractivity contribution < 1.29 is 30.0 Å². The molecule has 90 valence electrons. The van der Waals surface area contributed by atoms with Crippen molar-refractivity contribution >= 4 is 5.91 Å². The smallest absolute Gasteiger partial charge is 0.231 e. The van der Waals surface area contributed by atoms with Gasteiger partial charge in [-0.25, -0.2) is 0 Å². The molecular formula is C7H16N2O6. The molecule has 1 heterocycles. The van der Waals surface area contributed by atoms with E-state index in [0.29, 0.717) is 0 Å². The molecule has 15 heavy (non-hydrogen) atoms. The molecule has 4 atom stereocenters. The number of nitrogens with two attached hydrogens (primary N) is 2. The molecule has 1 rings (SSSR count). The molecule has 1 fully saturated rings. The number of amides is 1. The Balaban J connectivity index is 0.000000336. The van der Waals surface area contributed by atoms with E-state index >= 15 is 0 Å². The Labute approximate surface area is 86.1 Å². The highest BCUT2D eigenvalue weighted by Crippen LogP contribution is 2.18. The van der Waals surface area contributed by atoms with Crippen molar-refractivity contribution in [1.29, 1.82) is 0 Å². The van der Waals surface area contributed by atoms with Crippen LogP contribution in [0.15, 0.2) is 0 Å². The van der Waals surface area contributed by atoms with Crippen LogP contribution in [0.1, 0.15) is 0 Å². The number of carbonyl (C=O) groups excluding carboxylic acids is 1. The van der Waals surface area contributed by atoms with Crippen molar-refractivity contribution in [3.8, 4) is 0 Å². The van der Waals surface area contributed by atoms with E-state index in [1.165, 1.54) is 0 Å².